The van der Waals surface area contributed by atoms with E-state index in [-0.39, 0.29) is 6.04 Å². The number of ether oxygens (including phenoxy) is 2. The molecule has 1 aliphatic heterocycles. The Balaban J connectivity index is 1.84. The number of rotatable bonds is 4. The molecular formula is C15H19N3O2. The topological polar surface area (TPSA) is 48.3 Å². The average Bonchev–Trinajstić information content (AvgIpc) is 3.04. The van der Waals surface area contributed by atoms with Crippen LogP contribution in [0.3, 0.4) is 0 Å². The summed E-state index contributed by atoms with van der Waals surface area (Å²) in [6.45, 7) is 5.27. The van der Waals surface area contributed by atoms with Crippen molar-refractivity contribution < 1.29 is 9.47 Å². The molecule has 1 aliphatic rings. The molecule has 2 heterocycles. The Bertz CT molecular complexity index is 622. The number of imidazole rings is 1. The van der Waals surface area contributed by atoms with E-state index in [1.165, 1.54) is 11.3 Å². The zero-order valence-electron chi connectivity index (χ0n) is 12.0. The van der Waals surface area contributed by atoms with Crippen LogP contribution in [-0.2, 0) is 6.54 Å². The van der Waals surface area contributed by atoms with Gasteiger partial charge < -0.3 is 19.4 Å². The summed E-state index contributed by atoms with van der Waals surface area (Å²) in [5.74, 6) is 1.64. The smallest absolute Gasteiger partial charge is 0.231 e. The second-order valence-corrected chi connectivity index (χ2v) is 5.02. The van der Waals surface area contributed by atoms with E-state index in [0.717, 1.165) is 23.7 Å². The minimum atomic E-state index is 0.205. The molecule has 1 aromatic carbocycles. The lowest BCUT2D eigenvalue weighted by atomic mass is 10.1. The monoisotopic (exact) mass is 273 g/mol. The van der Waals surface area contributed by atoms with Gasteiger partial charge in [-0.1, -0.05) is 6.07 Å². The Morgan fingerprint density at radius 1 is 1.30 bits per heavy atom. The van der Waals surface area contributed by atoms with Crippen LogP contribution >= 0.6 is 0 Å². The number of benzene rings is 1. The SMILES string of the molecule is CNC(Cn1cnc(C)c1C)c1ccc2c(c1)OCO2. The number of aryl methyl sites for hydroxylation is 1. The second-order valence-electron chi connectivity index (χ2n) is 5.02. The number of nitrogens with one attached hydrogen (secondary N) is 1. The van der Waals surface area contributed by atoms with E-state index in [0.29, 0.717) is 6.79 Å². The fourth-order valence-electron chi connectivity index (χ4n) is 2.42. The Morgan fingerprint density at radius 2 is 2.10 bits per heavy atom. The lowest BCUT2D eigenvalue weighted by Crippen LogP contribution is -2.22. The lowest BCUT2D eigenvalue weighted by molar-refractivity contribution is 0.174. The normalized spacial score (nSPS) is 14.6. The summed E-state index contributed by atoms with van der Waals surface area (Å²) in [5.41, 5.74) is 3.46. The molecule has 5 nitrogen and oxygen atoms in total. The zero-order valence-corrected chi connectivity index (χ0v) is 12.0. The maximum Gasteiger partial charge on any atom is 0.231 e. The molecule has 3 rings (SSSR count). The van der Waals surface area contributed by atoms with Gasteiger partial charge in [0.1, 0.15) is 0 Å². The molecule has 106 valence electrons. The van der Waals surface area contributed by atoms with Crippen LogP contribution in [0.5, 0.6) is 11.5 Å². The molecule has 0 bridgehead atoms. The molecule has 0 amide bonds. The van der Waals surface area contributed by atoms with Crippen LogP contribution in [0, 0.1) is 13.8 Å². The standard InChI is InChI=1S/C15H19N3O2/c1-10-11(2)18(8-17-10)7-13(16-3)12-4-5-14-15(6-12)20-9-19-14/h4-6,8,13,16H,7,9H2,1-3H3. The van der Waals surface area contributed by atoms with E-state index >= 15 is 0 Å². The summed E-state index contributed by atoms with van der Waals surface area (Å²) in [6, 6.07) is 6.29. The number of nitrogens with zero attached hydrogens (tertiary/aromatic N) is 2. The van der Waals surface area contributed by atoms with Crippen molar-refractivity contribution in [2.24, 2.45) is 0 Å². The van der Waals surface area contributed by atoms with Crippen LogP contribution in [0.4, 0.5) is 0 Å². The van der Waals surface area contributed by atoms with Gasteiger partial charge in [0, 0.05) is 12.2 Å². The van der Waals surface area contributed by atoms with Gasteiger partial charge in [0.05, 0.1) is 18.1 Å². The first-order chi connectivity index (χ1) is 9.69. The van der Waals surface area contributed by atoms with Gasteiger partial charge in [0.15, 0.2) is 11.5 Å². The van der Waals surface area contributed by atoms with Crippen molar-refractivity contribution in [2.75, 3.05) is 13.8 Å². The van der Waals surface area contributed by atoms with Gasteiger partial charge in [-0.3, -0.25) is 0 Å². The summed E-state index contributed by atoms with van der Waals surface area (Å²) in [4.78, 5) is 4.35. The van der Waals surface area contributed by atoms with Crippen molar-refractivity contribution in [1.82, 2.24) is 14.9 Å². The highest BCUT2D eigenvalue weighted by molar-refractivity contribution is 5.45. The molecule has 0 saturated carbocycles. The molecule has 20 heavy (non-hydrogen) atoms. The Labute approximate surface area is 118 Å². The van der Waals surface area contributed by atoms with Gasteiger partial charge in [0.25, 0.3) is 0 Å². The number of hydrogen-bond donors (Lipinski definition) is 1. The molecule has 0 aliphatic carbocycles. The lowest BCUT2D eigenvalue weighted by Gasteiger charge is -2.18. The van der Waals surface area contributed by atoms with Gasteiger partial charge in [-0.2, -0.15) is 0 Å². The predicted octanol–water partition coefficient (Wildman–Crippen LogP) is 2.19. The molecule has 1 unspecified atom stereocenters. The highest BCUT2D eigenvalue weighted by Crippen LogP contribution is 2.34. The number of likely N-dealkylation sites (N-methyl/N-ethyl adjacent to an activating group) is 1. The molecule has 0 spiro atoms. The van der Waals surface area contributed by atoms with E-state index in [1.807, 2.05) is 32.4 Å². The van der Waals surface area contributed by atoms with Crippen LogP contribution in [0.25, 0.3) is 0 Å². The van der Waals surface area contributed by atoms with Crippen molar-refractivity contribution in [3.05, 3.63) is 41.5 Å². The predicted molar refractivity (Wildman–Crippen MR) is 76.1 cm³/mol. The van der Waals surface area contributed by atoms with Gasteiger partial charge in [-0.15, -0.1) is 0 Å². The van der Waals surface area contributed by atoms with Crippen molar-refractivity contribution in [3.63, 3.8) is 0 Å². The van der Waals surface area contributed by atoms with E-state index in [9.17, 15) is 0 Å². The second kappa shape index (κ2) is 5.17. The quantitative estimate of drug-likeness (QED) is 0.927. The number of hydrogen-bond acceptors (Lipinski definition) is 4. The van der Waals surface area contributed by atoms with Crippen molar-refractivity contribution in [3.8, 4) is 11.5 Å². The van der Waals surface area contributed by atoms with E-state index < -0.39 is 0 Å². The summed E-state index contributed by atoms with van der Waals surface area (Å²) >= 11 is 0. The molecule has 1 N–H and O–H groups in total. The molecular weight excluding hydrogens is 254 g/mol. The zero-order chi connectivity index (χ0) is 14.1. The minimum Gasteiger partial charge on any atom is -0.454 e. The maximum atomic E-state index is 5.44. The molecule has 0 fully saturated rings. The Morgan fingerprint density at radius 3 is 2.80 bits per heavy atom. The summed E-state index contributed by atoms with van der Waals surface area (Å²) in [6.07, 6.45) is 1.89. The average molecular weight is 273 g/mol. The maximum absolute atomic E-state index is 5.44. The van der Waals surface area contributed by atoms with Crippen LogP contribution in [0.2, 0.25) is 0 Å². The summed E-state index contributed by atoms with van der Waals surface area (Å²) in [5, 5.41) is 3.35. The third kappa shape index (κ3) is 2.25. The Kier molecular flexibility index (Phi) is 3.36. The van der Waals surface area contributed by atoms with Crippen LogP contribution in [0.15, 0.2) is 24.5 Å². The summed E-state index contributed by atoms with van der Waals surface area (Å²) < 4.78 is 13.0. The summed E-state index contributed by atoms with van der Waals surface area (Å²) in [7, 11) is 1.97. The first-order valence-electron chi connectivity index (χ1n) is 6.74. The third-order valence-electron chi connectivity index (χ3n) is 3.87. The van der Waals surface area contributed by atoms with Crippen LogP contribution < -0.4 is 14.8 Å². The molecule has 0 radical (unpaired) electrons. The molecule has 1 atom stereocenters. The van der Waals surface area contributed by atoms with E-state index in [1.54, 1.807) is 0 Å². The first-order valence-corrected chi connectivity index (χ1v) is 6.74. The molecule has 2 aromatic rings. The minimum absolute atomic E-state index is 0.205. The van der Waals surface area contributed by atoms with Crippen molar-refractivity contribution >= 4 is 0 Å². The van der Waals surface area contributed by atoms with E-state index in [2.05, 4.69) is 27.9 Å². The fourth-order valence-corrected chi connectivity index (χ4v) is 2.42. The number of fused-ring (bicyclic) bond motifs is 1. The number of aromatic nitrogens is 2. The van der Waals surface area contributed by atoms with Gasteiger partial charge >= 0.3 is 0 Å². The van der Waals surface area contributed by atoms with Crippen molar-refractivity contribution in [2.45, 2.75) is 26.4 Å². The molecule has 5 heteroatoms. The van der Waals surface area contributed by atoms with Gasteiger partial charge in [0.2, 0.25) is 6.79 Å². The molecule has 0 saturated heterocycles. The highest BCUT2D eigenvalue weighted by atomic mass is 16.7. The van der Waals surface area contributed by atoms with Crippen LogP contribution in [0.1, 0.15) is 23.0 Å². The largest absolute Gasteiger partial charge is 0.454 e. The van der Waals surface area contributed by atoms with Crippen molar-refractivity contribution in [1.29, 1.82) is 0 Å². The Hall–Kier alpha value is -2.01. The third-order valence-corrected chi connectivity index (χ3v) is 3.87. The van der Waals surface area contributed by atoms with Crippen LogP contribution in [-0.4, -0.2) is 23.4 Å². The first kappa shape index (κ1) is 13.0. The fraction of sp³-hybridized carbons (Fsp3) is 0.400. The van der Waals surface area contributed by atoms with E-state index in [4.69, 9.17) is 9.47 Å². The highest BCUT2D eigenvalue weighted by Gasteiger charge is 2.18. The van der Waals surface area contributed by atoms with Gasteiger partial charge in [-0.05, 0) is 38.6 Å². The van der Waals surface area contributed by atoms with Gasteiger partial charge in [-0.25, -0.2) is 4.98 Å². The molecule has 1 aromatic heterocycles.